The van der Waals surface area contributed by atoms with E-state index in [0.717, 1.165) is 5.56 Å². The number of nitro groups is 1. The topological polar surface area (TPSA) is 83.7 Å². The minimum Gasteiger partial charge on any atom is -0.506 e. The smallest absolute Gasteiger partial charge is 0.269 e. The number of non-ortho nitro benzene ring substituents is 1. The van der Waals surface area contributed by atoms with E-state index < -0.39 is 4.92 Å². The number of nitrogens with zero attached hydrogens (tertiary/aromatic N) is 2. The fourth-order valence-corrected chi connectivity index (χ4v) is 3.73. The molecule has 3 rings (SSSR count). The van der Waals surface area contributed by atoms with E-state index in [2.05, 4.69) is 0 Å². The SMILES string of the molecule is O=C1CSC(c2ccc([N+](=O)[O-])cc2)N1c1ccc(Cl)cc1O. The van der Waals surface area contributed by atoms with Crippen LogP contribution in [0.25, 0.3) is 0 Å². The van der Waals surface area contributed by atoms with Gasteiger partial charge in [-0.05, 0) is 29.8 Å². The summed E-state index contributed by atoms with van der Waals surface area (Å²) in [4.78, 5) is 24.0. The minimum absolute atomic E-state index is 0.0102. The number of carbonyl (C=O) groups excluding carboxylic acids is 1. The van der Waals surface area contributed by atoms with Crippen molar-refractivity contribution >= 4 is 40.6 Å². The number of hydrogen-bond donors (Lipinski definition) is 1. The number of phenols is 1. The Hall–Kier alpha value is -2.25. The lowest BCUT2D eigenvalue weighted by molar-refractivity contribution is -0.384. The second kappa shape index (κ2) is 6.10. The number of thioether (sulfide) groups is 1. The van der Waals surface area contributed by atoms with Crippen molar-refractivity contribution in [2.45, 2.75) is 5.37 Å². The molecule has 1 atom stereocenters. The molecule has 1 aliphatic rings. The molecule has 1 heterocycles. The number of benzene rings is 2. The van der Waals surface area contributed by atoms with Gasteiger partial charge < -0.3 is 5.11 Å². The second-order valence-electron chi connectivity index (χ2n) is 4.91. The molecule has 0 radical (unpaired) electrons. The van der Waals surface area contributed by atoms with Crippen molar-refractivity contribution in [2.75, 3.05) is 10.7 Å². The summed E-state index contributed by atoms with van der Waals surface area (Å²) in [5.41, 5.74) is 1.11. The Bertz CT molecular complexity index is 782. The molecule has 1 unspecified atom stereocenters. The Morgan fingerprint density at radius 3 is 2.57 bits per heavy atom. The van der Waals surface area contributed by atoms with E-state index in [1.807, 2.05) is 0 Å². The van der Waals surface area contributed by atoms with Crippen molar-refractivity contribution < 1.29 is 14.8 Å². The highest BCUT2D eigenvalue weighted by Crippen LogP contribution is 2.45. The molecule has 0 spiro atoms. The van der Waals surface area contributed by atoms with E-state index in [9.17, 15) is 20.0 Å². The van der Waals surface area contributed by atoms with Gasteiger partial charge in [-0.2, -0.15) is 0 Å². The van der Waals surface area contributed by atoms with E-state index in [-0.39, 0.29) is 28.5 Å². The van der Waals surface area contributed by atoms with Crippen molar-refractivity contribution in [2.24, 2.45) is 0 Å². The van der Waals surface area contributed by atoms with Gasteiger partial charge >= 0.3 is 0 Å². The molecule has 6 nitrogen and oxygen atoms in total. The molecule has 1 aliphatic heterocycles. The lowest BCUT2D eigenvalue weighted by Gasteiger charge is -2.25. The first-order valence-corrected chi connectivity index (χ1v) is 8.06. The minimum atomic E-state index is -0.473. The van der Waals surface area contributed by atoms with Crippen LogP contribution in [0.1, 0.15) is 10.9 Å². The third kappa shape index (κ3) is 2.97. The van der Waals surface area contributed by atoms with Crippen LogP contribution >= 0.6 is 23.4 Å². The van der Waals surface area contributed by atoms with E-state index in [1.54, 1.807) is 24.3 Å². The van der Waals surface area contributed by atoms with E-state index in [4.69, 9.17) is 11.6 Å². The second-order valence-corrected chi connectivity index (χ2v) is 6.41. The molecule has 0 aliphatic carbocycles. The number of anilines is 1. The van der Waals surface area contributed by atoms with Crippen molar-refractivity contribution in [3.05, 3.63) is 63.2 Å². The molecule has 0 bridgehead atoms. The lowest BCUT2D eigenvalue weighted by Crippen LogP contribution is -2.27. The zero-order valence-corrected chi connectivity index (χ0v) is 13.3. The molecule has 0 saturated carbocycles. The van der Waals surface area contributed by atoms with E-state index in [0.29, 0.717) is 10.7 Å². The molecule has 0 aromatic heterocycles. The highest BCUT2D eigenvalue weighted by Gasteiger charge is 2.35. The average molecular weight is 351 g/mol. The number of aromatic hydroxyl groups is 1. The van der Waals surface area contributed by atoms with Gasteiger partial charge in [-0.1, -0.05) is 11.6 Å². The molecular weight excluding hydrogens is 340 g/mol. The highest BCUT2D eigenvalue weighted by molar-refractivity contribution is 8.00. The van der Waals surface area contributed by atoms with Crippen LogP contribution in [0.15, 0.2) is 42.5 Å². The number of carbonyl (C=O) groups is 1. The predicted octanol–water partition coefficient (Wildman–Crippen LogP) is 3.73. The summed E-state index contributed by atoms with van der Waals surface area (Å²) in [5.74, 6) is 0.0419. The third-order valence-electron chi connectivity index (χ3n) is 3.45. The van der Waals surface area contributed by atoms with Crippen LogP contribution in [0.5, 0.6) is 5.75 Å². The van der Waals surface area contributed by atoms with E-state index in [1.165, 1.54) is 34.9 Å². The zero-order chi connectivity index (χ0) is 16.6. The fraction of sp³-hybridized carbons (Fsp3) is 0.133. The maximum Gasteiger partial charge on any atom is 0.269 e. The third-order valence-corrected chi connectivity index (χ3v) is 4.90. The number of amides is 1. The maximum atomic E-state index is 12.2. The monoisotopic (exact) mass is 350 g/mol. The normalized spacial score (nSPS) is 17.5. The van der Waals surface area contributed by atoms with Crippen molar-refractivity contribution in [3.63, 3.8) is 0 Å². The Balaban J connectivity index is 1.98. The van der Waals surface area contributed by atoms with Crippen molar-refractivity contribution in [1.82, 2.24) is 0 Å². The molecule has 2 aromatic carbocycles. The molecule has 1 amide bonds. The first-order valence-electron chi connectivity index (χ1n) is 6.64. The molecule has 2 aromatic rings. The quantitative estimate of drug-likeness (QED) is 0.673. The standard InChI is InChI=1S/C15H11ClN2O4S/c16-10-3-6-12(13(19)7-10)17-14(20)8-23-15(17)9-1-4-11(5-2-9)18(21)22/h1-7,15,19H,8H2. The summed E-state index contributed by atoms with van der Waals surface area (Å²) < 4.78 is 0. The summed E-state index contributed by atoms with van der Waals surface area (Å²) in [6.07, 6.45) is 0. The first-order chi connectivity index (χ1) is 11.0. The van der Waals surface area contributed by atoms with Gasteiger partial charge in [0.25, 0.3) is 5.69 Å². The summed E-state index contributed by atoms with van der Waals surface area (Å²) in [7, 11) is 0. The van der Waals surface area contributed by atoms with Gasteiger partial charge in [0.05, 0.1) is 16.4 Å². The molecule has 118 valence electrons. The first kappa shape index (κ1) is 15.6. The van der Waals surface area contributed by atoms with Gasteiger partial charge in [-0.3, -0.25) is 19.8 Å². The predicted molar refractivity (Wildman–Crippen MR) is 88.9 cm³/mol. The lowest BCUT2D eigenvalue weighted by atomic mass is 10.1. The molecule has 1 saturated heterocycles. The average Bonchev–Trinajstić information content (AvgIpc) is 2.89. The number of hydrogen-bond acceptors (Lipinski definition) is 5. The Morgan fingerprint density at radius 1 is 1.26 bits per heavy atom. The zero-order valence-electron chi connectivity index (χ0n) is 11.7. The van der Waals surface area contributed by atoms with Crippen LogP contribution in [-0.2, 0) is 4.79 Å². The van der Waals surface area contributed by atoms with Crippen LogP contribution in [-0.4, -0.2) is 21.7 Å². The van der Waals surface area contributed by atoms with Gasteiger partial charge in [0.2, 0.25) is 5.91 Å². The maximum absolute atomic E-state index is 12.2. The molecular formula is C15H11ClN2O4S. The number of nitro benzene ring substituents is 1. The number of halogens is 1. The Morgan fingerprint density at radius 2 is 1.96 bits per heavy atom. The molecule has 23 heavy (non-hydrogen) atoms. The van der Waals surface area contributed by atoms with Crippen molar-refractivity contribution in [1.29, 1.82) is 0 Å². The van der Waals surface area contributed by atoms with Crippen molar-refractivity contribution in [3.8, 4) is 5.75 Å². The summed E-state index contributed by atoms with van der Waals surface area (Å²) in [6.45, 7) is 0. The molecule has 1 fully saturated rings. The molecule has 8 heteroatoms. The largest absolute Gasteiger partial charge is 0.506 e. The van der Waals surface area contributed by atoms with Crippen LogP contribution in [0.3, 0.4) is 0 Å². The number of rotatable bonds is 3. The van der Waals surface area contributed by atoms with Crippen LogP contribution in [0, 0.1) is 10.1 Å². The van der Waals surface area contributed by atoms with Crippen LogP contribution in [0.2, 0.25) is 5.02 Å². The Kier molecular flexibility index (Phi) is 4.14. The highest BCUT2D eigenvalue weighted by atomic mass is 35.5. The van der Waals surface area contributed by atoms with Gasteiger partial charge in [-0.25, -0.2) is 0 Å². The molecule has 1 N–H and O–H groups in total. The summed E-state index contributed by atoms with van der Waals surface area (Å²) in [5, 5.41) is 20.8. The van der Waals surface area contributed by atoms with Crippen LogP contribution < -0.4 is 4.90 Å². The van der Waals surface area contributed by atoms with Crippen LogP contribution in [0.4, 0.5) is 11.4 Å². The summed E-state index contributed by atoms with van der Waals surface area (Å²) in [6, 6.07) is 10.6. The van der Waals surface area contributed by atoms with Gasteiger partial charge in [-0.15, -0.1) is 11.8 Å². The number of phenolic OH excluding ortho intramolecular Hbond substituents is 1. The van der Waals surface area contributed by atoms with Gasteiger partial charge in [0.15, 0.2) is 0 Å². The van der Waals surface area contributed by atoms with Gasteiger partial charge in [0.1, 0.15) is 11.1 Å². The summed E-state index contributed by atoms with van der Waals surface area (Å²) >= 11 is 7.22. The fourth-order valence-electron chi connectivity index (χ4n) is 2.39. The Labute approximate surface area is 140 Å². The van der Waals surface area contributed by atoms with E-state index >= 15 is 0 Å². The van der Waals surface area contributed by atoms with Gasteiger partial charge in [0, 0.05) is 23.2 Å².